The van der Waals surface area contributed by atoms with Crippen molar-refractivity contribution in [2.75, 3.05) is 0 Å². The first kappa shape index (κ1) is 25.6. The second kappa shape index (κ2) is 9.83. The molecule has 212 valence electrons. The van der Waals surface area contributed by atoms with Crippen LogP contribution < -0.4 is 0 Å². The number of hydrogen-bond acceptors (Lipinski definition) is 0. The lowest BCUT2D eigenvalue weighted by atomic mass is 9.94. The van der Waals surface area contributed by atoms with E-state index in [2.05, 4.69) is 168 Å². The minimum Gasteiger partial charge on any atom is -0.307 e. The molecule has 2 aromatic heterocycles. The van der Waals surface area contributed by atoms with E-state index in [0.717, 1.165) is 17.1 Å². The van der Waals surface area contributed by atoms with Gasteiger partial charge in [-0.15, -0.1) is 0 Å². The van der Waals surface area contributed by atoms with Gasteiger partial charge in [0.05, 0.1) is 22.2 Å². The van der Waals surface area contributed by atoms with Crippen LogP contribution in [-0.4, -0.2) is 9.13 Å². The van der Waals surface area contributed by atoms with Crippen LogP contribution >= 0.6 is 0 Å². The van der Waals surface area contributed by atoms with Gasteiger partial charge in [-0.1, -0.05) is 122 Å². The molecule has 0 spiro atoms. The van der Waals surface area contributed by atoms with Crippen LogP contribution in [0.15, 0.2) is 146 Å². The molecule has 45 heavy (non-hydrogen) atoms. The fourth-order valence-electron chi connectivity index (χ4n) is 7.55. The molecule has 2 nitrogen and oxygen atoms in total. The van der Waals surface area contributed by atoms with Crippen LogP contribution in [0.5, 0.6) is 0 Å². The maximum absolute atomic E-state index is 4.29. The molecule has 0 aliphatic heterocycles. The van der Waals surface area contributed by atoms with Gasteiger partial charge in [-0.25, -0.2) is 0 Å². The summed E-state index contributed by atoms with van der Waals surface area (Å²) in [6.07, 6.45) is 6.33. The molecule has 0 bridgehead atoms. The zero-order chi connectivity index (χ0) is 30.1. The molecule has 0 saturated carbocycles. The topological polar surface area (TPSA) is 9.86 Å². The Hall–Kier alpha value is -5.86. The molecule has 0 amide bonds. The third-order valence-electron chi connectivity index (χ3n) is 9.37. The van der Waals surface area contributed by atoms with Crippen molar-refractivity contribution in [3.63, 3.8) is 0 Å². The largest absolute Gasteiger partial charge is 0.307 e. The molecule has 7 aromatic carbocycles. The van der Waals surface area contributed by atoms with E-state index >= 15 is 0 Å². The van der Waals surface area contributed by atoms with Crippen molar-refractivity contribution in [3.8, 4) is 11.4 Å². The third kappa shape index (κ3) is 3.57. The highest BCUT2D eigenvalue weighted by Crippen LogP contribution is 2.43. The summed E-state index contributed by atoms with van der Waals surface area (Å²) in [4.78, 5) is 0. The van der Waals surface area contributed by atoms with Gasteiger partial charge in [0, 0.05) is 33.1 Å². The SMILES string of the molecule is C=Cc1c(/C=C\C)c2ccc3c4ccccc4n(-c4ccc5c6ccccc6c6ccccc6c5c4)c3c2n1-c1ccccc1. The number of fused-ring (bicyclic) bond motifs is 11. The van der Waals surface area contributed by atoms with Crippen molar-refractivity contribution in [2.24, 2.45) is 0 Å². The smallest absolute Gasteiger partial charge is 0.0788 e. The van der Waals surface area contributed by atoms with Gasteiger partial charge in [-0.3, -0.25) is 0 Å². The van der Waals surface area contributed by atoms with Crippen molar-refractivity contribution in [2.45, 2.75) is 6.92 Å². The second-order valence-electron chi connectivity index (χ2n) is 11.7. The van der Waals surface area contributed by atoms with Gasteiger partial charge < -0.3 is 9.13 Å². The number of aromatic nitrogens is 2. The van der Waals surface area contributed by atoms with Crippen LogP contribution in [0.2, 0.25) is 0 Å². The molecule has 9 rings (SSSR count). The van der Waals surface area contributed by atoms with Gasteiger partial charge in [0.15, 0.2) is 0 Å². The Morgan fingerprint density at radius 2 is 1.00 bits per heavy atom. The van der Waals surface area contributed by atoms with Crippen molar-refractivity contribution >= 4 is 77.2 Å². The number of allylic oxidation sites excluding steroid dienone is 1. The van der Waals surface area contributed by atoms with Crippen LogP contribution in [0, 0.1) is 0 Å². The van der Waals surface area contributed by atoms with Crippen molar-refractivity contribution in [1.29, 1.82) is 0 Å². The van der Waals surface area contributed by atoms with E-state index < -0.39 is 0 Å². The summed E-state index contributed by atoms with van der Waals surface area (Å²) >= 11 is 0. The Kier molecular flexibility index (Phi) is 5.60. The molecule has 0 aliphatic carbocycles. The monoisotopic (exact) mass is 574 g/mol. The van der Waals surface area contributed by atoms with E-state index in [-0.39, 0.29) is 0 Å². The zero-order valence-corrected chi connectivity index (χ0v) is 25.0. The van der Waals surface area contributed by atoms with Crippen LogP contribution in [0.4, 0.5) is 0 Å². The molecule has 0 atom stereocenters. The molecule has 0 N–H and O–H groups in total. The minimum absolute atomic E-state index is 1.09. The summed E-state index contributed by atoms with van der Waals surface area (Å²) in [7, 11) is 0. The number of para-hydroxylation sites is 2. The molecular weight excluding hydrogens is 544 g/mol. The predicted molar refractivity (Wildman–Crippen MR) is 195 cm³/mol. The van der Waals surface area contributed by atoms with Crippen LogP contribution in [-0.2, 0) is 0 Å². The first-order valence-electron chi connectivity index (χ1n) is 15.5. The highest BCUT2D eigenvalue weighted by molar-refractivity contribution is 6.26. The van der Waals surface area contributed by atoms with E-state index in [1.54, 1.807) is 0 Å². The number of benzene rings is 7. The highest BCUT2D eigenvalue weighted by atomic mass is 15.0. The highest BCUT2D eigenvalue weighted by Gasteiger charge is 2.22. The molecule has 0 radical (unpaired) electrons. The van der Waals surface area contributed by atoms with E-state index in [4.69, 9.17) is 0 Å². The molecule has 0 saturated heterocycles. The average Bonchev–Trinajstić information content (AvgIpc) is 3.61. The quantitative estimate of drug-likeness (QED) is 0.185. The summed E-state index contributed by atoms with van der Waals surface area (Å²) < 4.78 is 4.86. The Balaban J connectivity index is 1.50. The van der Waals surface area contributed by atoms with Gasteiger partial charge in [0.2, 0.25) is 0 Å². The van der Waals surface area contributed by atoms with Gasteiger partial charge in [-0.2, -0.15) is 0 Å². The van der Waals surface area contributed by atoms with Crippen molar-refractivity contribution in [3.05, 3.63) is 157 Å². The van der Waals surface area contributed by atoms with Gasteiger partial charge in [0.1, 0.15) is 0 Å². The Morgan fingerprint density at radius 1 is 0.467 bits per heavy atom. The van der Waals surface area contributed by atoms with Gasteiger partial charge >= 0.3 is 0 Å². The summed E-state index contributed by atoms with van der Waals surface area (Å²) in [6, 6.07) is 48.6. The first-order chi connectivity index (χ1) is 22.3. The summed E-state index contributed by atoms with van der Waals surface area (Å²) in [5.74, 6) is 0. The van der Waals surface area contributed by atoms with Crippen molar-refractivity contribution < 1.29 is 0 Å². The standard InChI is InChI=1S/C43H30N2/c1-3-14-35-37-25-26-38-36-21-12-13-22-41(36)45(43(38)42(37)44(40(35)4-2)28-15-6-5-7-16-28)29-23-24-34-32-19-9-8-17-30(32)31-18-10-11-20-33(31)39(34)27-29/h3-27H,2H2,1H3/b14-3-. The van der Waals surface area contributed by atoms with E-state index in [0.29, 0.717) is 0 Å². The molecule has 2 heterocycles. The minimum atomic E-state index is 1.09. The zero-order valence-electron chi connectivity index (χ0n) is 25.0. The Labute approximate surface area is 261 Å². The van der Waals surface area contributed by atoms with Crippen molar-refractivity contribution in [1.82, 2.24) is 9.13 Å². The summed E-state index contributed by atoms with van der Waals surface area (Å²) in [6.45, 7) is 6.37. The third-order valence-corrected chi connectivity index (χ3v) is 9.37. The molecular formula is C43H30N2. The lowest BCUT2D eigenvalue weighted by Gasteiger charge is -2.15. The maximum atomic E-state index is 4.29. The molecule has 0 fully saturated rings. The first-order valence-corrected chi connectivity index (χ1v) is 15.5. The fraction of sp³-hybridized carbons (Fsp3) is 0.0233. The fourth-order valence-corrected chi connectivity index (χ4v) is 7.55. The number of hydrogen-bond donors (Lipinski definition) is 0. The van der Waals surface area contributed by atoms with Gasteiger partial charge in [0.25, 0.3) is 0 Å². The number of rotatable bonds is 4. The Bertz CT molecular complexity index is 2630. The normalized spacial score (nSPS) is 12.1. The molecule has 0 aliphatic rings. The van der Waals surface area contributed by atoms with Crippen LogP contribution in [0.1, 0.15) is 18.2 Å². The maximum Gasteiger partial charge on any atom is 0.0788 e. The van der Waals surface area contributed by atoms with Crippen LogP contribution in [0.3, 0.4) is 0 Å². The van der Waals surface area contributed by atoms with E-state index in [1.807, 2.05) is 6.08 Å². The average molecular weight is 575 g/mol. The number of nitrogens with zero attached hydrogens (tertiary/aromatic N) is 2. The Morgan fingerprint density at radius 3 is 1.67 bits per heavy atom. The second-order valence-corrected chi connectivity index (χ2v) is 11.7. The molecule has 2 heteroatoms. The van der Waals surface area contributed by atoms with Gasteiger partial charge in [-0.05, 0) is 75.6 Å². The molecule has 0 unspecified atom stereocenters. The van der Waals surface area contributed by atoms with E-state index in [1.165, 1.54) is 70.6 Å². The van der Waals surface area contributed by atoms with Crippen LogP contribution in [0.25, 0.3) is 88.6 Å². The lowest BCUT2D eigenvalue weighted by Crippen LogP contribution is -2.00. The van der Waals surface area contributed by atoms with E-state index in [9.17, 15) is 0 Å². The lowest BCUT2D eigenvalue weighted by molar-refractivity contribution is 1.10. The summed E-state index contributed by atoms with van der Waals surface area (Å²) in [5.41, 5.74) is 8.11. The predicted octanol–water partition coefficient (Wildman–Crippen LogP) is 11.9. The summed E-state index contributed by atoms with van der Waals surface area (Å²) in [5, 5.41) is 11.4. The molecule has 9 aromatic rings.